The standard InChI is InChI=1S/C18H23F6N5O5S/c1-16(3-5-27(6-4-16)15(31)34-14(17(19,20)21)18(22,23)24)26-13(30)11-9-28-7-8-29(35(2,32)33)10-12(28)25-11/h9,14H,3-8,10H2,1-2H3,(H,26,30). The van der Waals surface area contributed by atoms with Crippen molar-refractivity contribution in [1.82, 2.24) is 24.1 Å². The van der Waals surface area contributed by atoms with Gasteiger partial charge in [0, 0.05) is 37.9 Å². The van der Waals surface area contributed by atoms with E-state index in [0.29, 0.717) is 17.3 Å². The first-order valence-corrected chi connectivity index (χ1v) is 12.2. The van der Waals surface area contributed by atoms with Crippen LogP contribution in [0.4, 0.5) is 31.1 Å². The van der Waals surface area contributed by atoms with Gasteiger partial charge in [-0.3, -0.25) is 4.79 Å². The molecule has 3 rings (SSSR count). The molecule has 2 amide bonds. The number of aromatic nitrogens is 2. The zero-order valence-corrected chi connectivity index (χ0v) is 19.4. The van der Waals surface area contributed by atoms with Crippen molar-refractivity contribution < 1.29 is 49.1 Å². The van der Waals surface area contributed by atoms with E-state index in [1.807, 2.05) is 0 Å². The average Bonchev–Trinajstić information content (AvgIpc) is 3.13. The van der Waals surface area contributed by atoms with Crippen LogP contribution in [0.1, 0.15) is 36.1 Å². The Hall–Kier alpha value is -2.56. The summed E-state index contributed by atoms with van der Waals surface area (Å²) in [6.45, 7) is 1.63. The number of hydrogen-bond donors (Lipinski definition) is 1. The second-order valence-electron chi connectivity index (χ2n) is 8.68. The molecule has 0 radical (unpaired) electrons. The summed E-state index contributed by atoms with van der Waals surface area (Å²) in [6.07, 6.45) is -15.0. The fraction of sp³-hybridized carbons (Fsp3) is 0.722. The van der Waals surface area contributed by atoms with Gasteiger partial charge in [0.25, 0.3) is 12.0 Å². The summed E-state index contributed by atoms with van der Waals surface area (Å²) in [5.41, 5.74) is -0.902. The highest BCUT2D eigenvalue weighted by molar-refractivity contribution is 7.88. The quantitative estimate of drug-likeness (QED) is 0.589. The van der Waals surface area contributed by atoms with Gasteiger partial charge < -0.3 is 19.5 Å². The molecule has 0 unspecified atom stereocenters. The summed E-state index contributed by atoms with van der Waals surface area (Å²) in [4.78, 5) is 29.5. The van der Waals surface area contributed by atoms with Gasteiger partial charge in [-0.25, -0.2) is 18.2 Å². The van der Waals surface area contributed by atoms with Crippen molar-refractivity contribution in [3.8, 4) is 0 Å². The Bertz CT molecular complexity index is 1060. The smallest absolute Gasteiger partial charge is 0.426 e. The minimum atomic E-state index is -5.81. The summed E-state index contributed by atoms with van der Waals surface area (Å²) in [5, 5.41) is 2.73. The number of likely N-dealkylation sites (tertiary alicyclic amines) is 1. The summed E-state index contributed by atoms with van der Waals surface area (Å²) in [5.74, 6) is -0.219. The van der Waals surface area contributed by atoms with Crippen LogP contribution in [0.5, 0.6) is 0 Å². The van der Waals surface area contributed by atoms with Crippen molar-refractivity contribution in [3.05, 3.63) is 17.7 Å². The largest absolute Gasteiger partial charge is 0.434 e. The molecule has 0 aromatic carbocycles. The molecule has 0 spiro atoms. The van der Waals surface area contributed by atoms with E-state index in [2.05, 4.69) is 15.0 Å². The first-order chi connectivity index (χ1) is 15.9. The summed E-state index contributed by atoms with van der Waals surface area (Å²) < 4.78 is 106. The van der Waals surface area contributed by atoms with Crippen LogP contribution in [0.2, 0.25) is 0 Å². The average molecular weight is 535 g/mol. The van der Waals surface area contributed by atoms with E-state index in [-0.39, 0.29) is 44.7 Å². The van der Waals surface area contributed by atoms with Gasteiger partial charge in [0.2, 0.25) is 10.0 Å². The van der Waals surface area contributed by atoms with Crippen LogP contribution in [0.15, 0.2) is 6.20 Å². The number of nitrogens with zero attached hydrogens (tertiary/aromatic N) is 4. The number of carbonyl (C=O) groups is 2. The first kappa shape index (κ1) is 27.0. The first-order valence-electron chi connectivity index (χ1n) is 10.3. The third kappa shape index (κ3) is 6.36. The summed E-state index contributed by atoms with van der Waals surface area (Å²) in [7, 11) is -3.44. The second-order valence-corrected chi connectivity index (χ2v) is 10.7. The molecule has 0 bridgehead atoms. The molecule has 17 heteroatoms. The molecule has 1 saturated heterocycles. The molecule has 1 N–H and O–H groups in total. The minimum absolute atomic E-state index is 0.00268. The topological polar surface area (TPSA) is 114 Å². The lowest BCUT2D eigenvalue weighted by atomic mass is 9.89. The zero-order chi connectivity index (χ0) is 26.4. The highest BCUT2D eigenvalue weighted by atomic mass is 32.2. The Morgan fingerprint density at radius 3 is 2.17 bits per heavy atom. The zero-order valence-electron chi connectivity index (χ0n) is 18.6. The van der Waals surface area contributed by atoms with E-state index >= 15 is 0 Å². The van der Waals surface area contributed by atoms with E-state index in [4.69, 9.17) is 0 Å². The van der Waals surface area contributed by atoms with Gasteiger partial charge in [0.05, 0.1) is 12.8 Å². The van der Waals surface area contributed by atoms with Crippen LogP contribution in [-0.4, -0.2) is 89.1 Å². The number of ether oxygens (including phenoxy) is 1. The van der Waals surface area contributed by atoms with Crippen LogP contribution < -0.4 is 5.32 Å². The number of alkyl halides is 6. The van der Waals surface area contributed by atoms with Gasteiger partial charge in [-0.15, -0.1) is 0 Å². The second kappa shape index (κ2) is 9.15. The normalized spacial score (nSPS) is 19.4. The number of piperidine rings is 1. The number of halogens is 6. The molecule has 2 aliphatic heterocycles. The predicted molar refractivity (Wildman–Crippen MR) is 107 cm³/mol. The molecular formula is C18H23F6N5O5S. The fourth-order valence-corrected chi connectivity index (χ4v) is 4.53. The highest BCUT2D eigenvalue weighted by Gasteiger charge is 2.60. The van der Waals surface area contributed by atoms with Crippen LogP contribution in [-0.2, 0) is 27.8 Å². The number of rotatable bonds is 4. The van der Waals surface area contributed by atoms with E-state index < -0.39 is 46.0 Å². The molecule has 10 nitrogen and oxygen atoms in total. The molecule has 1 aromatic heterocycles. The highest BCUT2D eigenvalue weighted by Crippen LogP contribution is 2.36. The van der Waals surface area contributed by atoms with Crippen LogP contribution in [0.3, 0.4) is 0 Å². The third-order valence-corrected chi connectivity index (χ3v) is 7.07. The number of nitrogens with one attached hydrogen (secondary N) is 1. The van der Waals surface area contributed by atoms with Crippen molar-refractivity contribution >= 4 is 22.0 Å². The van der Waals surface area contributed by atoms with Crippen LogP contribution >= 0.6 is 0 Å². The lowest BCUT2D eigenvalue weighted by Gasteiger charge is -2.39. The number of carbonyl (C=O) groups excluding carboxylic acids is 2. The van der Waals surface area contributed by atoms with Gasteiger partial charge in [-0.1, -0.05) is 0 Å². The minimum Gasteiger partial charge on any atom is -0.426 e. The molecule has 0 atom stereocenters. The molecular weight excluding hydrogens is 512 g/mol. The Balaban J connectivity index is 1.59. The van der Waals surface area contributed by atoms with Crippen molar-refractivity contribution in [1.29, 1.82) is 0 Å². The predicted octanol–water partition coefficient (Wildman–Crippen LogP) is 1.87. The van der Waals surface area contributed by atoms with E-state index in [9.17, 15) is 44.3 Å². The van der Waals surface area contributed by atoms with Crippen molar-refractivity contribution in [2.24, 2.45) is 0 Å². The molecule has 198 valence electrons. The number of hydrogen-bond acceptors (Lipinski definition) is 6. The lowest BCUT2D eigenvalue weighted by molar-refractivity contribution is -0.308. The monoisotopic (exact) mass is 535 g/mol. The van der Waals surface area contributed by atoms with Gasteiger partial charge in [-0.2, -0.15) is 30.6 Å². The molecule has 3 heterocycles. The Morgan fingerprint density at radius 2 is 1.66 bits per heavy atom. The molecule has 35 heavy (non-hydrogen) atoms. The Labute approximate surface area is 196 Å². The van der Waals surface area contributed by atoms with Gasteiger partial charge in [-0.05, 0) is 19.8 Å². The molecule has 2 aliphatic rings. The summed E-state index contributed by atoms with van der Waals surface area (Å²) >= 11 is 0. The Kier molecular flexibility index (Phi) is 7.06. The number of fused-ring (bicyclic) bond motifs is 1. The summed E-state index contributed by atoms with van der Waals surface area (Å²) in [6, 6.07) is 0. The van der Waals surface area contributed by atoms with E-state index in [1.165, 1.54) is 10.5 Å². The number of amides is 2. The molecule has 1 fully saturated rings. The number of imidazole rings is 1. The van der Waals surface area contributed by atoms with Crippen molar-refractivity contribution in [2.75, 3.05) is 25.9 Å². The Morgan fingerprint density at radius 1 is 1.09 bits per heavy atom. The van der Waals surface area contributed by atoms with E-state index in [1.54, 1.807) is 11.5 Å². The van der Waals surface area contributed by atoms with Crippen molar-refractivity contribution in [3.63, 3.8) is 0 Å². The van der Waals surface area contributed by atoms with Gasteiger partial charge in [0.15, 0.2) is 0 Å². The fourth-order valence-electron chi connectivity index (χ4n) is 3.76. The maximum atomic E-state index is 12.7. The van der Waals surface area contributed by atoms with Gasteiger partial charge >= 0.3 is 18.4 Å². The third-order valence-electron chi connectivity index (χ3n) is 5.82. The lowest BCUT2D eigenvalue weighted by Crippen LogP contribution is -2.55. The van der Waals surface area contributed by atoms with Gasteiger partial charge in [0.1, 0.15) is 11.5 Å². The SMILES string of the molecule is CC1(NC(=O)c2cn3c(n2)CN(S(C)(=O)=O)CC3)CCN(C(=O)OC(C(F)(F)F)C(F)(F)F)CC1. The van der Waals surface area contributed by atoms with E-state index in [0.717, 1.165) is 6.26 Å². The maximum Gasteiger partial charge on any atom is 0.434 e. The van der Waals surface area contributed by atoms with Crippen molar-refractivity contribution in [2.45, 2.75) is 56.9 Å². The molecule has 0 aliphatic carbocycles. The van der Waals surface area contributed by atoms with Crippen LogP contribution in [0.25, 0.3) is 0 Å². The maximum absolute atomic E-state index is 12.7. The van der Waals surface area contributed by atoms with Crippen LogP contribution in [0, 0.1) is 0 Å². The molecule has 0 saturated carbocycles. The number of sulfonamides is 1. The molecule has 1 aromatic rings.